The van der Waals surface area contributed by atoms with Crippen molar-refractivity contribution in [2.24, 2.45) is 0 Å². The monoisotopic (exact) mass is 448 g/mol. The Morgan fingerprint density at radius 1 is 0.903 bits per heavy atom. The lowest BCUT2D eigenvalue weighted by atomic mass is 10.0. The second kappa shape index (κ2) is 8.43. The fraction of sp³-hybridized carbons (Fsp3) is 0.136. The SMILES string of the molecule is CN(c1ccc(-c2ccccc2)cc1NC(=O)c1ccc(C(F)(F)F)cc1)S(C)(=O)=O. The Labute approximate surface area is 178 Å². The predicted molar refractivity (Wildman–Crippen MR) is 115 cm³/mol. The largest absolute Gasteiger partial charge is 0.416 e. The van der Waals surface area contributed by atoms with E-state index in [1.165, 1.54) is 7.05 Å². The van der Waals surface area contributed by atoms with Gasteiger partial charge in [0.1, 0.15) is 0 Å². The normalized spacial score (nSPS) is 11.8. The Hall–Kier alpha value is -3.33. The molecule has 162 valence electrons. The fourth-order valence-corrected chi connectivity index (χ4v) is 3.42. The van der Waals surface area contributed by atoms with Crippen LogP contribution in [0.2, 0.25) is 0 Å². The molecule has 0 bridgehead atoms. The van der Waals surface area contributed by atoms with Crippen LogP contribution in [0.25, 0.3) is 11.1 Å². The van der Waals surface area contributed by atoms with Crippen LogP contribution < -0.4 is 9.62 Å². The van der Waals surface area contributed by atoms with E-state index in [1.54, 1.807) is 18.2 Å². The second-order valence-corrected chi connectivity index (χ2v) is 8.87. The van der Waals surface area contributed by atoms with Crippen molar-refractivity contribution in [1.29, 1.82) is 0 Å². The Balaban J connectivity index is 1.99. The van der Waals surface area contributed by atoms with E-state index in [0.717, 1.165) is 46.0 Å². The number of hydrogen-bond donors (Lipinski definition) is 1. The number of nitrogens with one attached hydrogen (secondary N) is 1. The van der Waals surface area contributed by atoms with Crippen LogP contribution in [0.5, 0.6) is 0 Å². The molecule has 1 N–H and O–H groups in total. The summed E-state index contributed by atoms with van der Waals surface area (Å²) < 4.78 is 63.4. The lowest BCUT2D eigenvalue weighted by Gasteiger charge is -2.21. The molecule has 0 spiro atoms. The summed E-state index contributed by atoms with van der Waals surface area (Å²) in [5.74, 6) is -0.665. The van der Waals surface area contributed by atoms with Gasteiger partial charge in [-0.2, -0.15) is 13.2 Å². The van der Waals surface area contributed by atoms with Gasteiger partial charge in [-0.05, 0) is 47.5 Å². The molecule has 0 aliphatic rings. The van der Waals surface area contributed by atoms with E-state index in [0.29, 0.717) is 0 Å². The van der Waals surface area contributed by atoms with Crippen LogP contribution in [0, 0.1) is 0 Å². The first-order valence-corrected chi connectivity index (χ1v) is 10.9. The summed E-state index contributed by atoms with van der Waals surface area (Å²) in [5, 5.41) is 2.62. The van der Waals surface area contributed by atoms with Gasteiger partial charge in [0.15, 0.2) is 0 Å². The standard InChI is InChI=1S/C22H19F3N2O3S/c1-27(31(2,29)30)20-13-10-17(15-6-4-3-5-7-15)14-19(20)26-21(28)16-8-11-18(12-9-16)22(23,24)25/h3-14H,1-2H3,(H,26,28). The lowest BCUT2D eigenvalue weighted by Crippen LogP contribution is -2.26. The van der Waals surface area contributed by atoms with E-state index in [4.69, 9.17) is 0 Å². The van der Waals surface area contributed by atoms with Crippen LogP contribution in [-0.4, -0.2) is 27.6 Å². The van der Waals surface area contributed by atoms with Crippen molar-refractivity contribution < 1.29 is 26.4 Å². The first-order valence-electron chi connectivity index (χ1n) is 9.09. The highest BCUT2D eigenvalue weighted by atomic mass is 32.2. The molecule has 3 aromatic rings. The van der Waals surface area contributed by atoms with Crippen molar-refractivity contribution in [3.8, 4) is 11.1 Å². The minimum absolute atomic E-state index is 0.00562. The molecule has 5 nitrogen and oxygen atoms in total. The maximum atomic E-state index is 12.8. The third-order valence-electron chi connectivity index (χ3n) is 4.66. The van der Waals surface area contributed by atoms with Crippen molar-refractivity contribution in [2.75, 3.05) is 22.9 Å². The molecule has 0 radical (unpaired) electrons. The molecule has 0 fully saturated rings. The molecule has 0 aromatic heterocycles. The first kappa shape index (κ1) is 22.4. The number of carbonyl (C=O) groups is 1. The third kappa shape index (κ3) is 5.24. The van der Waals surface area contributed by atoms with E-state index < -0.39 is 27.7 Å². The van der Waals surface area contributed by atoms with Crippen LogP contribution in [0.4, 0.5) is 24.5 Å². The Bertz CT molecular complexity index is 1190. The lowest BCUT2D eigenvalue weighted by molar-refractivity contribution is -0.137. The molecule has 0 saturated carbocycles. The van der Waals surface area contributed by atoms with Gasteiger partial charge in [0.05, 0.1) is 23.2 Å². The number of sulfonamides is 1. The quantitative estimate of drug-likeness (QED) is 0.596. The minimum atomic E-state index is -4.51. The molecule has 0 atom stereocenters. The van der Waals surface area contributed by atoms with Crippen molar-refractivity contribution in [1.82, 2.24) is 0 Å². The van der Waals surface area contributed by atoms with Crippen LogP contribution in [0.15, 0.2) is 72.8 Å². The molecule has 31 heavy (non-hydrogen) atoms. The summed E-state index contributed by atoms with van der Waals surface area (Å²) in [7, 11) is -2.27. The van der Waals surface area contributed by atoms with Gasteiger partial charge < -0.3 is 5.32 Å². The summed E-state index contributed by atoms with van der Waals surface area (Å²) in [6.07, 6.45) is -3.48. The highest BCUT2D eigenvalue weighted by Gasteiger charge is 2.30. The maximum Gasteiger partial charge on any atom is 0.416 e. The summed E-state index contributed by atoms with van der Waals surface area (Å²) in [6, 6.07) is 17.9. The Morgan fingerprint density at radius 3 is 2.06 bits per heavy atom. The zero-order chi connectivity index (χ0) is 22.8. The number of rotatable bonds is 5. The van der Waals surface area contributed by atoms with Crippen molar-refractivity contribution in [3.05, 3.63) is 83.9 Å². The minimum Gasteiger partial charge on any atom is -0.320 e. The van der Waals surface area contributed by atoms with Crippen LogP contribution >= 0.6 is 0 Å². The van der Waals surface area contributed by atoms with E-state index in [1.807, 2.05) is 30.3 Å². The number of carbonyl (C=O) groups excluding carboxylic acids is 1. The van der Waals surface area contributed by atoms with Gasteiger partial charge in [-0.15, -0.1) is 0 Å². The highest BCUT2D eigenvalue weighted by molar-refractivity contribution is 7.92. The third-order valence-corrected chi connectivity index (χ3v) is 5.85. The summed E-state index contributed by atoms with van der Waals surface area (Å²) >= 11 is 0. The van der Waals surface area contributed by atoms with Crippen LogP contribution in [-0.2, 0) is 16.2 Å². The Morgan fingerprint density at radius 2 is 1.52 bits per heavy atom. The summed E-state index contributed by atoms with van der Waals surface area (Å²) in [5.41, 5.74) is 1.15. The smallest absolute Gasteiger partial charge is 0.320 e. The van der Waals surface area contributed by atoms with Gasteiger partial charge in [0.2, 0.25) is 10.0 Å². The molecule has 0 unspecified atom stereocenters. The molecule has 0 aliphatic carbocycles. The fourth-order valence-electron chi connectivity index (χ4n) is 2.90. The van der Waals surface area contributed by atoms with Gasteiger partial charge in [-0.3, -0.25) is 9.10 Å². The van der Waals surface area contributed by atoms with E-state index in [2.05, 4.69) is 5.32 Å². The van der Waals surface area contributed by atoms with Gasteiger partial charge in [-0.1, -0.05) is 36.4 Å². The number of anilines is 2. The van der Waals surface area contributed by atoms with Crippen molar-refractivity contribution >= 4 is 27.3 Å². The van der Waals surface area contributed by atoms with Crippen molar-refractivity contribution in [3.63, 3.8) is 0 Å². The molecule has 9 heteroatoms. The summed E-state index contributed by atoms with van der Waals surface area (Å²) in [4.78, 5) is 12.7. The number of nitrogens with zero attached hydrogens (tertiary/aromatic N) is 1. The average molecular weight is 448 g/mol. The maximum absolute atomic E-state index is 12.8. The molecule has 0 aliphatic heterocycles. The number of alkyl halides is 3. The number of hydrogen-bond acceptors (Lipinski definition) is 3. The summed E-state index contributed by atoms with van der Waals surface area (Å²) in [6.45, 7) is 0. The van der Waals surface area contributed by atoms with E-state index in [9.17, 15) is 26.4 Å². The molecule has 0 heterocycles. The van der Waals surface area contributed by atoms with E-state index in [-0.39, 0.29) is 16.9 Å². The zero-order valence-electron chi connectivity index (χ0n) is 16.6. The van der Waals surface area contributed by atoms with Gasteiger partial charge in [0, 0.05) is 12.6 Å². The van der Waals surface area contributed by atoms with Crippen LogP contribution in [0.3, 0.4) is 0 Å². The molecule has 3 rings (SSSR count). The van der Waals surface area contributed by atoms with Gasteiger partial charge >= 0.3 is 6.18 Å². The predicted octanol–water partition coefficient (Wildman–Crippen LogP) is 5.02. The van der Waals surface area contributed by atoms with Crippen LogP contribution in [0.1, 0.15) is 15.9 Å². The number of amides is 1. The number of benzene rings is 3. The second-order valence-electron chi connectivity index (χ2n) is 6.86. The molecular formula is C22H19F3N2O3S. The highest BCUT2D eigenvalue weighted by Crippen LogP contribution is 2.33. The molecule has 3 aromatic carbocycles. The average Bonchev–Trinajstić information content (AvgIpc) is 2.72. The topological polar surface area (TPSA) is 66.5 Å². The van der Waals surface area contributed by atoms with Gasteiger partial charge in [-0.25, -0.2) is 8.42 Å². The van der Waals surface area contributed by atoms with Gasteiger partial charge in [0.25, 0.3) is 5.91 Å². The molecule has 0 saturated heterocycles. The van der Waals surface area contributed by atoms with E-state index >= 15 is 0 Å². The Kier molecular flexibility index (Phi) is 6.08. The first-order chi connectivity index (χ1) is 14.5. The van der Waals surface area contributed by atoms with Crippen molar-refractivity contribution in [2.45, 2.75) is 6.18 Å². The number of halogens is 3. The molecular weight excluding hydrogens is 429 g/mol. The molecule has 1 amide bonds. The zero-order valence-corrected chi connectivity index (χ0v) is 17.5.